The van der Waals surface area contributed by atoms with Crippen LogP contribution in [0.25, 0.3) is 11.3 Å². The minimum Gasteiger partial charge on any atom is -0.495 e. The predicted octanol–water partition coefficient (Wildman–Crippen LogP) is 6.62. The lowest BCUT2D eigenvalue weighted by Crippen LogP contribution is -2.54. The fourth-order valence-electron chi connectivity index (χ4n) is 4.66. The van der Waals surface area contributed by atoms with Crippen molar-refractivity contribution in [1.29, 1.82) is 5.41 Å². The van der Waals surface area contributed by atoms with E-state index in [0.29, 0.717) is 51.9 Å². The first-order chi connectivity index (χ1) is 19.2. The molecule has 3 unspecified atom stereocenters. The van der Waals surface area contributed by atoms with Gasteiger partial charge in [-0.3, -0.25) is 10.2 Å². The Labute approximate surface area is 258 Å². The van der Waals surface area contributed by atoms with Crippen LogP contribution < -0.4 is 30.1 Å². The van der Waals surface area contributed by atoms with Gasteiger partial charge in [-0.2, -0.15) is 0 Å². The summed E-state index contributed by atoms with van der Waals surface area (Å²) in [5.74, 6) is 0.573. The highest BCUT2D eigenvalue weighted by Crippen LogP contribution is 2.46. The van der Waals surface area contributed by atoms with Crippen LogP contribution in [0.1, 0.15) is 19.4 Å². The molecule has 1 aliphatic rings. The molecule has 9 nitrogen and oxygen atoms in total. The van der Waals surface area contributed by atoms with Gasteiger partial charge in [0.25, 0.3) is 5.91 Å². The van der Waals surface area contributed by atoms with E-state index in [2.05, 4.69) is 61.5 Å². The van der Waals surface area contributed by atoms with Gasteiger partial charge >= 0.3 is 0 Å². The van der Waals surface area contributed by atoms with Gasteiger partial charge in [0, 0.05) is 60.1 Å². The van der Waals surface area contributed by atoms with Crippen molar-refractivity contribution in [2.24, 2.45) is 0 Å². The third kappa shape index (κ3) is 6.74. The molecule has 212 valence electrons. The monoisotopic (exact) mass is 714 g/mol. The van der Waals surface area contributed by atoms with Crippen molar-refractivity contribution >= 4 is 80.4 Å². The summed E-state index contributed by atoms with van der Waals surface area (Å²) in [5, 5.41) is 18.7. The molecule has 0 radical (unpaired) electrons. The van der Waals surface area contributed by atoms with Crippen molar-refractivity contribution in [2.45, 2.75) is 25.9 Å². The topological polar surface area (TPSA) is 112 Å². The number of benzene rings is 2. The molecule has 2 heterocycles. The zero-order valence-corrected chi connectivity index (χ0v) is 27.0. The predicted molar refractivity (Wildman–Crippen MR) is 175 cm³/mol. The Hall–Kier alpha value is -2.37. The maximum atomic E-state index is 13.1. The van der Waals surface area contributed by atoms with Crippen LogP contribution in [0.5, 0.6) is 11.5 Å². The maximum absolute atomic E-state index is 13.1. The number of hydrogen-bond donors (Lipinski definition) is 4. The second-order valence-corrected chi connectivity index (χ2v) is 12.2. The van der Waals surface area contributed by atoms with Gasteiger partial charge in [0.05, 0.1) is 30.0 Å². The molecule has 3 atom stereocenters. The molecule has 0 bridgehead atoms. The van der Waals surface area contributed by atoms with Crippen molar-refractivity contribution in [3.8, 4) is 22.8 Å². The number of anilines is 3. The van der Waals surface area contributed by atoms with Crippen LogP contribution in [0, 0.1) is 5.41 Å². The first-order valence-electron chi connectivity index (χ1n) is 12.4. The number of amides is 1. The van der Waals surface area contributed by atoms with Crippen LogP contribution in [0.4, 0.5) is 17.2 Å². The summed E-state index contributed by atoms with van der Waals surface area (Å²) in [6.45, 7) is 6.16. The highest BCUT2D eigenvalue weighted by atomic mass is 127. The average molecular weight is 715 g/mol. The first kappa shape index (κ1) is 30.6. The van der Waals surface area contributed by atoms with Crippen LogP contribution in [-0.2, 0) is 4.79 Å². The number of carbonyl (C=O) groups excluding carboxylic acids is 1. The molecule has 0 aliphatic carbocycles. The van der Waals surface area contributed by atoms with E-state index in [4.69, 9.17) is 38.1 Å². The van der Waals surface area contributed by atoms with Gasteiger partial charge < -0.3 is 30.1 Å². The normalized spacial score (nSPS) is 17.1. The quantitative estimate of drug-likeness (QED) is 0.112. The van der Waals surface area contributed by atoms with E-state index >= 15 is 0 Å². The Morgan fingerprint density at radius 1 is 1.07 bits per heavy atom. The summed E-state index contributed by atoms with van der Waals surface area (Å²) in [5.41, 5.74) is 2.67. The summed E-state index contributed by atoms with van der Waals surface area (Å²) in [4.78, 5) is 20.1. The molecule has 3 aromatic rings. The number of aromatic nitrogens is 1. The molecule has 1 aromatic heterocycles. The Kier molecular flexibility index (Phi) is 10.3. The maximum Gasteiger partial charge on any atom is 0.274 e. The molecule has 0 spiro atoms. The number of piperazine rings is 1. The van der Waals surface area contributed by atoms with E-state index in [1.165, 1.54) is 14.2 Å². The van der Waals surface area contributed by atoms with E-state index in [-0.39, 0.29) is 22.1 Å². The smallest absolute Gasteiger partial charge is 0.274 e. The zero-order valence-electron chi connectivity index (χ0n) is 22.4. The number of methoxy groups -OCH3 is 2. The number of pyridine rings is 1. The summed E-state index contributed by atoms with van der Waals surface area (Å²) in [6, 6.07) is 13.4. The first-order valence-corrected chi connectivity index (χ1v) is 17.3. The van der Waals surface area contributed by atoms with Gasteiger partial charge in [0.1, 0.15) is 23.0 Å². The minimum absolute atomic E-state index is 0.231. The molecular weight excluding hydrogens is 685 g/mol. The Bertz CT molecular complexity index is 1370. The van der Waals surface area contributed by atoms with Crippen LogP contribution in [0.2, 0.25) is 10.0 Å². The third-order valence-corrected chi connectivity index (χ3v) is 8.33. The number of hydrogen-bond acceptors (Lipinski definition) is 8. The second-order valence-electron chi connectivity index (χ2n) is 9.35. The van der Waals surface area contributed by atoms with E-state index < -0.39 is 5.91 Å². The van der Waals surface area contributed by atoms with Gasteiger partial charge in [-0.1, -0.05) is 23.2 Å². The standard InChI is InChI=1S/C27H30Cl2IN6O3P/c1-14-12-36(13-15(2)32-14)17-7-5-16(6-8-17)33-27(37)25(31)18-9-10-19(34-26(18)35-40-30)22-23(28)20(38-3)11-21(39-4)24(22)29/h5-11,14-15,31-32,40H,12-13H2,1-4H3,(H,33,37)(H,34,35). The van der Waals surface area contributed by atoms with Gasteiger partial charge in [-0.15, -0.1) is 0 Å². The lowest BCUT2D eigenvalue weighted by Gasteiger charge is -2.37. The number of nitrogens with zero attached hydrogens (tertiary/aromatic N) is 2. The van der Waals surface area contributed by atoms with Gasteiger partial charge in [0.15, 0.2) is 0 Å². The highest BCUT2D eigenvalue weighted by Gasteiger charge is 2.24. The molecule has 40 heavy (non-hydrogen) atoms. The summed E-state index contributed by atoms with van der Waals surface area (Å²) >= 11 is 15.3. The Morgan fingerprint density at radius 3 is 2.23 bits per heavy atom. The van der Waals surface area contributed by atoms with Crippen LogP contribution >= 0.6 is 51.6 Å². The molecular formula is C27H30Cl2IN6O3P. The van der Waals surface area contributed by atoms with Crippen LogP contribution in [0.15, 0.2) is 42.5 Å². The van der Waals surface area contributed by atoms with E-state index in [1.54, 1.807) is 18.2 Å². The molecule has 1 aliphatic heterocycles. The lowest BCUT2D eigenvalue weighted by molar-refractivity contribution is -0.110. The van der Waals surface area contributed by atoms with Crippen molar-refractivity contribution < 1.29 is 14.3 Å². The SMILES string of the molecule is COc1cc(OC)c(Cl)c(-c2ccc(C(=N)C(=O)Nc3ccc(N4CC(C)NC(C)C4)cc3)c(NPI)n2)c1Cl. The second kappa shape index (κ2) is 13.5. The van der Waals surface area contributed by atoms with Crippen molar-refractivity contribution in [3.05, 3.63) is 58.1 Å². The minimum atomic E-state index is -0.550. The number of carbonyl (C=O) groups is 1. The lowest BCUT2D eigenvalue weighted by atomic mass is 10.1. The molecule has 13 heteroatoms. The molecule has 4 rings (SSSR count). The van der Waals surface area contributed by atoms with E-state index in [1.807, 2.05) is 24.3 Å². The Balaban J connectivity index is 1.57. The molecule has 4 N–H and O–H groups in total. The number of halogens is 3. The molecule has 0 saturated carbocycles. The molecule has 1 amide bonds. The number of nitrogens with one attached hydrogen (secondary N) is 4. The summed E-state index contributed by atoms with van der Waals surface area (Å²) in [7, 11) is 3.00. The van der Waals surface area contributed by atoms with E-state index in [0.717, 1.165) is 18.8 Å². The summed E-state index contributed by atoms with van der Waals surface area (Å²) in [6.07, 6.45) is 0.237. The van der Waals surface area contributed by atoms with E-state index in [9.17, 15) is 4.79 Å². The van der Waals surface area contributed by atoms with Crippen LogP contribution in [-0.4, -0.2) is 56.0 Å². The van der Waals surface area contributed by atoms with Crippen molar-refractivity contribution in [2.75, 3.05) is 42.6 Å². The molecule has 1 fully saturated rings. The van der Waals surface area contributed by atoms with Crippen molar-refractivity contribution in [1.82, 2.24) is 10.3 Å². The third-order valence-electron chi connectivity index (χ3n) is 6.43. The zero-order chi connectivity index (χ0) is 29.0. The number of rotatable bonds is 9. The molecule has 1 saturated heterocycles. The Morgan fingerprint density at radius 2 is 1.68 bits per heavy atom. The highest BCUT2D eigenvalue weighted by molar-refractivity contribution is 14.2. The largest absolute Gasteiger partial charge is 0.495 e. The van der Waals surface area contributed by atoms with Crippen LogP contribution in [0.3, 0.4) is 0 Å². The fourth-order valence-corrected chi connectivity index (χ4v) is 6.40. The van der Waals surface area contributed by atoms with Gasteiger partial charge in [0.2, 0.25) is 0 Å². The van der Waals surface area contributed by atoms with Gasteiger partial charge in [-0.25, -0.2) is 4.98 Å². The van der Waals surface area contributed by atoms with Gasteiger partial charge in [-0.05, 0) is 72.3 Å². The van der Waals surface area contributed by atoms with Crippen molar-refractivity contribution in [3.63, 3.8) is 0 Å². The summed E-state index contributed by atoms with van der Waals surface area (Å²) < 4.78 is 10.8. The number of ether oxygens (including phenoxy) is 2. The molecule has 2 aromatic carbocycles. The average Bonchev–Trinajstić information content (AvgIpc) is 2.93. The fraction of sp³-hybridized carbons (Fsp3) is 0.296.